The summed E-state index contributed by atoms with van der Waals surface area (Å²) < 4.78 is 26.9. The summed E-state index contributed by atoms with van der Waals surface area (Å²) in [5.41, 5.74) is 6.05. The first-order chi connectivity index (χ1) is 8.54. The second kappa shape index (κ2) is 5.02. The molecule has 3 nitrogen and oxygen atoms in total. The summed E-state index contributed by atoms with van der Waals surface area (Å²) in [6, 6.07) is 3.49. The third kappa shape index (κ3) is 2.22. The van der Waals surface area contributed by atoms with Gasteiger partial charge in [0, 0.05) is 19.0 Å². The first-order valence-corrected chi connectivity index (χ1v) is 6.02. The van der Waals surface area contributed by atoms with Gasteiger partial charge in [-0.25, -0.2) is 8.78 Å². The van der Waals surface area contributed by atoms with Gasteiger partial charge in [-0.3, -0.25) is 4.79 Å². The van der Waals surface area contributed by atoms with Gasteiger partial charge in [0.15, 0.2) is 11.6 Å². The van der Waals surface area contributed by atoms with Gasteiger partial charge in [-0.05, 0) is 25.0 Å². The van der Waals surface area contributed by atoms with Crippen molar-refractivity contribution in [2.75, 3.05) is 13.1 Å². The summed E-state index contributed by atoms with van der Waals surface area (Å²) >= 11 is 0. The molecular formula is C13H16F2N2O. The van der Waals surface area contributed by atoms with Crippen LogP contribution in [0.4, 0.5) is 8.78 Å². The number of halogens is 2. The number of likely N-dealkylation sites (tertiary alicyclic amines) is 1. The number of amides is 1. The minimum atomic E-state index is -0.860. The second-order valence-corrected chi connectivity index (χ2v) is 4.56. The van der Waals surface area contributed by atoms with Crippen LogP contribution in [0.1, 0.15) is 24.8 Å². The quantitative estimate of drug-likeness (QED) is 0.872. The normalized spacial score (nSPS) is 24.4. The summed E-state index contributed by atoms with van der Waals surface area (Å²) in [4.78, 5) is 13.3. The molecule has 2 atom stereocenters. The van der Waals surface area contributed by atoms with E-state index in [1.165, 1.54) is 6.07 Å². The number of benzene rings is 1. The molecule has 0 aliphatic carbocycles. The molecule has 1 aromatic carbocycles. The Balaban J connectivity index is 2.28. The summed E-state index contributed by atoms with van der Waals surface area (Å²) in [5, 5.41) is 0. The van der Waals surface area contributed by atoms with Crippen LogP contribution in [0.15, 0.2) is 18.2 Å². The van der Waals surface area contributed by atoms with E-state index in [1.54, 1.807) is 11.0 Å². The van der Waals surface area contributed by atoms with E-state index in [0.29, 0.717) is 25.1 Å². The van der Waals surface area contributed by atoms with E-state index >= 15 is 0 Å². The molecule has 1 fully saturated rings. The summed E-state index contributed by atoms with van der Waals surface area (Å²) in [6.45, 7) is 2.76. The first-order valence-electron chi connectivity index (χ1n) is 6.02. The maximum Gasteiger partial charge on any atom is 0.239 e. The van der Waals surface area contributed by atoms with Crippen LogP contribution in [-0.2, 0) is 4.79 Å². The van der Waals surface area contributed by atoms with Gasteiger partial charge in [0.05, 0.1) is 6.04 Å². The highest BCUT2D eigenvalue weighted by Gasteiger charge is 2.33. The van der Waals surface area contributed by atoms with E-state index in [9.17, 15) is 13.6 Å². The Bertz CT molecular complexity index is 464. The lowest BCUT2D eigenvalue weighted by Gasteiger charge is -2.35. The standard InChI is InChI=1S/C13H16F2N2O/c1-2-17-7-8(6-11(16)13(17)18)9-4-3-5-10(14)12(9)15/h3-5,8,11H,2,6-7,16H2,1H3/t8-,11+/m1/s1. The van der Waals surface area contributed by atoms with Crippen molar-refractivity contribution in [2.24, 2.45) is 5.73 Å². The molecule has 1 saturated heterocycles. The Morgan fingerprint density at radius 2 is 2.17 bits per heavy atom. The Kier molecular flexibility index (Phi) is 3.61. The van der Waals surface area contributed by atoms with Crippen molar-refractivity contribution in [1.82, 2.24) is 4.90 Å². The number of hydrogen-bond acceptors (Lipinski definition) is 2. The number of hydrogen-bond donors (Lipinski definition) is 1. The minimum absolute atomic E-state index is 0.120. The minimum Gasteiger partial charge on any atom is -0.341 e. The van der Waals surface area contributed by atoms with E-state index < -0.39 is 17.7 Å². The van der Waals surface area contributed by atoms with Gasteiger partial charge < -0.3 is 10.6 Å². The molecular weight excluding hydrogens is 238 g/mol. The Morgan fingerprint density at radius 1 is 1.44 bits per heavy atom. The van der Waals surface area contributed by atoms with Crippen molar-refractivity contribution in [3.8, 4) is 0 Å². The van der Waals surface area contributed by atoms with Gasteiger partial charge in [0.25, 0.3) is 0 Å². The van der Waals surface area contributed by atoms with E-state index in [-0.39, 0.29) is 11.8 Å². The van der Waals surface area contributed by atoms with Crippen LogP contribution in [-0.4, -0.2) is 29.9 Å². The zero-order chi connectivity index (χ0) is 13.3. The van der Waals surface area contributed by atoms with Crippen molar-refractivity contribution in [1.29, 1.82) is 0 Å². The predicted molar refractivity (Wildman–Crippen MR) is 63.9 cm³/mol. The van der Waals surface area contributed by atoms with Gasteiger partial charge in [-0.1, -0.05) is 12.1 Å². The summed E-state index contributed by atoms with van der Waals surface area (Å²) in [5.74, 6) is -2.06. The molecule has 0 bridgehead atoms. The third-order valence-corrected chi connectivity index (χ3v) is 3.41. The van der Waals surface area contributed by atoms with Crippen LogP contribution in [0.25, 0.3) is 0 Å². The Hall–Kier alpha value is -1.49. The fraction of sp³-hybridized carbons (Fsp3) is 0.462. The van der Waals surface area contributed by atoms with Crippen molar-refractivity contribution >= 4 is 5.91 Å². The van der Waals surface area contributed by atoms with Crippen LogP contribution in [0, 0.1) is 11.6 Å². The largest absolute Gasteiger partial charge is 0.341 e. The maximum atomic E-state index is 13.7. The van der Waals surface area contributed by atoms with Crippen LogP contribution < -0.4 is 5.73 Å². The molecule has 2 N–H and O–H groups in total. The van der Waals surface area contributed by atoms with Crippen LogP contribution in [0.5, 0.6) is 0 Å². The monoisotopic (exact) mass is 254 g/mol. The molecule has 1 aliphatic rings. The SMILES string of the molecule is CCN1C[C@H](c2cccc(F)c2F)C[C@H](N)C1=O. The van der Waals surface area contributed by atoms with Crippen molar-refractivity contribution in [3.63, 3.8) is 0 Å². The molecule has 98 valence electrons. The van der Waals surface area contributed by atoms with Crippen molar-refractivity contribution < 1.29 is 13.6 Å². The molecule has 0 saturated carbocycles. The molecule has 1 amide bonds. The van der Waals surface area contributed by atoms with Crippen LogP contribution >= 0.6 is 0 Å². The van der Waals surface area contributed by atoms with E-state index in [1.807, 2.05) is 6.92 Å². The average molecular weight is 254 g/mol. The molecule has 1 aliphatic heterocycles. The van der Waals surface area contributed by atoms with Gasteiger partial charge in [-0.15, -0.1) is 0 Å². The third-order valence-electron chi connectivity index (χ3n) is 3.41. The topological polar surface area (TPSA) is 46.3 Å². The zero-order valence-corrected chi connectivity index (χ0v) is 10.2. The molecule has 1 heterocycles. The fourth-order valence-corrected chi connectivity index (χ4v) is 2.42. The number of carbonyl (C=O) groups excluding carboxylic acids is 1. The Labute approximate surface area is 105 Å². The average Bonchev–Trinajstić information content (AvgIpc) is 2.36. The number of carbonyl (C=O) groups is 1. The van der Waals surface area contributed by atoms with Crippen molar-refractivity contribution in [2.45, 2.75) is 25.3 Å². The number of nitrogens with zero attached hydrogens (tertiary/aromatic N) is 1. The lowest BCUT2D eigenvalue weighted by Crippen LogP contribution is -2.51. The molecule has 2 rings (SSSR count). The van der Waals surface area contributed by atoms with Gasteiger partial charge in [0.1, 0.15) is 0 Å². The number of rotatable bonds is 2. The smallest absolute Gasteiger partial charge is 0.239 e. The number of nitrogens with two attached hydrogens (primary N) is 1. The van der Waals surface area contributed by atoms with Crippen LogP contribution in [0.2, 0.25) is 0 Å². The van der Waals surface area contributed by atoms with Crippen molar-refractivity contribution in [3.05, 3.63) is 35.4 Å². The number of piperidine rings is 1. The van der Waals surface area contributed by atoms with Crippen LogP contribution in [0.3, 0.4) is 0 Å². The summed E-state index contributed by atoms with van der Waals surface area (Å²) in [7, 11) is 0. The molecule has 5 heteroatoms. The summed E-state index contributed by atoms with van der Waals surface area (Å²) in [6.07, 6.45) is 0.357. The molecule has 0 unspecified atom stereocenters. The maximum absolute atomic E-state index is 13.7. The molecule has 0 spiro atoms. The lowest BCUT2D eigenvalue weighted by molar-refractivity contribution is -0.135. The lowest BCUT2D eigenvalue weighted by atomic mass is 9.87. The molecule has 0 aromatic heterocycles. The Morgan fingerprint density at radius 3 is 2.83 bits per heavy atom. The molecule has 0 radical (unpaired) electrons. The predicted octanol–water partition coefficient (Wildman–Crippen LogP) is 1.63. The van der Waals surface area contributed by atoms with E-state index in [2.05, 4.69) is 0 Å². The highest BCUT2D eigenvalue weighted by Crippen LogP contribution is 2.29. The van der Waals surface area contributed by atoms with Gasteiger partial charge in [-0.2, -0.15) is 0 Å². The molecule has 1 aromatic rings. The zero-order valence-electron chi connectivity index (χ0n) is 10.2. The second-order valence-electron chi connectivity index (χ2n) is 4.56. The molecule has 18 heavy (non-hydrogen) atoms. The van der Waals surface area contributed by atoms with Gasteiger partial charge in [0.2, 0.25) is 5.91 Å². The van der Waals surface area contributed by atoms with E-state index in [4.69, 9.17) is 5.73 Å². The first kappa shape index (κ1) is 13.0. The highest BCUT2D eigenvalue weighted by molar-refractivity contribution is 5.82. The van der Waals surface area contributed by atoms with Gasteiger partial charge >= 0.3 is 0 Å². The fourth-order valence-electron chi connectivity index (χ4n) is 2.42. The van der Waals surface area contributed by atoms with E-state index in [0.717, 1.165) is 6.07 Å². The number of likely N-dealkylation sites (N-methyl/N-ethyl adjacent to an activating group) is 1. The highest BCUT2D eigenvalue weighted by atomic mass is 19.2.